The Kier molecular flexibility index (Phi) is 13.9. The standard InChI is InChI=1S/C33H40N4O12S2.2Na/c1-6-19(49-29-18(3)16-37-27(29)31(51(43,44)45)35-25-10-8-21(47-5)14-23(25)33(37)39)11-12-48-28-17(2)15-36-26(28)30(50(40,41)42)34-24-9-7-20(46-4)13-22(24)32(36)38;;/h7-10,13-14,19,26-31,34-35H,2-3,6,11-12,15-16H2,1,4-5H3,(H,40,41,42)(H,43,44,45);;/q;2*+1/p-2/t19?,26-,27?,28?,29?,30?,31?;;/m0../s1. The summed E-state index contributed by atoms with van der Waals surface area (Å²) in [5.74, 6) is -0.340. The fourth-order valence-corrected chi connectivity index (χ4v) is 8.98. The van der Waals surface area contributed by atoms with E-state index >= 15 is 0 Å². The Morgan fingerprint density at radius 1 is 0.792 bits per heavy atom. The fourth-order valence-electron chi connectivity index (χ4n) is 7.17. The molecule has 2 amide bonds. The van der Waals surface area contributed by atoms with Gasteiger partial charge in [0.25, 0.3) is 11.8 Å². The van der Waals surface area contributed by atoms with Gasteiger partial charge in [0.05, 0.1) is 43.5 Å². The summed E-state index contributed by atoms with van der Waals surface area (Å²) < 4.78 is 98.7. The van der Waals surface area contributed by atoms with E-state index in [1.807, 2.05) is 6.92 Å². The Labute approximate surface area is 352 Å². The minimum absolute atomic E-state index is 0. The zero-order valence-corrected chi connectivity index (χ0v) is 35.7. The van der Waals surface area contributed by atoms with E-state index in [-0.39, 0.29) is 108 Å². The van der Waals surface area contributed by atoms with E-state index in [9.17, 15) is 35.5 Å². The largest absolute Gasteiger partial charge is 1.00 e. The average molecular weight is 793 g/mol. The number of amides is 2. The number of hydrogen-bond donors (Lipinski definition) is 2. The second-order valence-electron chi connectivity index (χ2n) is 12.8. The van der Waals surface area contributed by atoms with E-state index in [1.165, 1.54) is 60.4 Å². The summed E-state index contributed by atoms with van der Waals surface area (Å²) >= 11 is 0. The molecule has 53 heavy (non-hydrogen) atoms. The van der Waals surface area contributed by atoms with E-state index in [1.54, 1.807) is 0 Å². The van der Waals surface area contributed by atoms with Crippen LogP contribution in [0.1, 0.15) is 40.5 Å². The molecule has 2 fully saturated rings. The van der Waals surface area contributed by atoms with E-state index in [4.69, 9.17) is 18.9 Å². The van der Waals surface area contributed by atoms with Crippen molar-refractivity contribution in [3.05, 3.63) is 71.8 Å². The molecule has 2 aromatic carbocycles. The van der Waals surface area contributed by atoms with Crippen LogP contribution in [0.4, 0.5) is 11.4 Å². The van der Waals surface area contributed by atoms with Gasteiger partial charge >= 0.3 is 59.1 Å². The van der Waals surface area contributed by atoms with Crippen LogP contribution < -0.4 is 79.2 Å². The van der Waals surface area contributed by atoms with Gasteiger partial charge in [-0.1, -0.05) is 20.1 Å². The molecule has 0 aromatic heterocycles. The van der Waals surface area contributed by atoms with Gasteiger partial charge < -0.3 is 48.5 Å². The molecule has 20 heteroatoms. The fraction of sp³-hybridized carbons (Fsp3) is 0.455. The SMILES string of the molecule is C=C1CN2C(=O)c3cc(OC)ccc3NC(S(=O)(=O)[O-])C2C1OC(CC)CCOC1C(=C)CN2C(=O)c3cc(OC)ccc3NC(S(=O)(=O)[O-])[C@H]12.[Na+].[Na+]. The summed E-state index contributed by atoms with van der Waals surface area (Å²) in [4.78, 5) is 29.9. The van der Waals surface area contributed by atoms with Gasteiger partial charge in [-0.05, 0) is 60.4 Å². The maximum Gasteiger partial charge on any atom is 1.00 e. The predicted molar refractivity (Wildman–Crippen MR) is 181 cm³/mol. The minimum Gasteiger partial charge on any atom is -0.746 e. The number of rotatable bonds is 11. The molecule has 2 saturated heterocycles. The maximum absolute atomic E-state index is 13.7. The molecular weight excluding hydrogens is 754 g/mol. The summed E-state index contributed by atoms with van der Waals surface area (Å²) in [7, 11) is -7.23. The van der Waals surface area contributed by atoms with Crippen LogP contribution in [0.3, 0.4) is 0 Å². The van der Waals surface area contributed by atoms with Gasteiger partial charge in [0, 0.05) is 31.1 Å². The van der Waals surface area contributed by atoms with Crippen LogP contribution in [0.2, 0.25) is 0 Å². The van der Waals surface area contributed by atoms with Crippen LogP contribution in [0.15, 0.2) is 60.7 Å². The number of hydrogen-bond acceptors (Lipinski definition) is 14. The van der Waals surface area contributed by atoms with E-state index < -0.39 is 73.2 Å². The van der Waals surface area contributed by atoms with Crippen molar-refractivity contribution >= 4 is 43.4 Å². The van der Waals surface area contributed by atoms with Crippen LogP contribution in [0, 0.1) is 0 Å². The van der Waals surface area contributed by atoms with Gasteiger partial charge in [0.15, 0.2) is 0 Å². The molecule has 0 radical (unpaired) electrons. The molecule has 0 bridgehead atoms. The molecule has 16 nitrogen and oxygen atoms in total. The number of carbonyl (C=O) groups is 2. The molecular formula is C33H38N4Na2O12S2. The number of methoxy groups -OCH3 is 2. The molecule has 0 spiro atoms. The predicted octanol–water partition coefficient (Wildman–Crippen LogP) is -4.29. The van der Waals surface area contributed by atoms with E-state index in [2.05, 4.69) is 23.8 Å². The van der Waals surface area contributed by atoms with Crippen molar-refractivity contribution in [1.82, 2.24) is 9.80 Å². The van der Waals surface area contributed by atoms with Gasteiger partial charge in [-0.2, -0.15) is 0 Å². The molecule has 6 unspecified atom stereocenters. The third-order valence-corrected chi connectivity index (χ3v) is 11.7. The molecule has 2 aromatic rings. The molecule has 4 heterocycles. The second kappa shape index (κ2) is 16.9. The van der Waals surface area contributed by atoms with Crippen LogP contribution in [0.5, 0.6) is 11.5 Å². The zero-order valence-electron chi connectivity index (χ0n) is 30.1. The Hall–Kier alpha value is -2.20. The smallest absolute Gasteiger partial charge is 0.746 e. The minimum atomic E-state index is -5.04. The summed E-state index contributed by atoms with van der Waals surface area (Å²) in [6, 6.07) is 6.41. The van der Waals surface area contributed by atoms with Crippen molar-refractivity contribution in [2.75, 3.05) is 44.5 Å². The number of nitrogens with one attached hydrogen (secondary N) is 2. The Bertz CT molecular complexity index is 2000. The third kappa shape index (κ3) is 8.49. The third-order valence-electron chi connectivity index (χ3n) is 9.70. The number of anilines is 2. The molecule has 7 atom stereocenters. The first-order valence-electron chi connectivity index (χ1n) is 16.1. The van der Waals surface area contributed by atoms with Crippen LogP contribution in [-0.2, 0) is 29.7 Å². The van der Waals surface area contributed by atoms with Crippen molar-refractivity contribution in [2.24, 2.45) is 0 Å². The Morgan fingerprint density at radius 2 is 1.23 bits per heavy atom. The number of fused-ring (bicyclic) bond motifs is 4. The summed E-state index contributed by atoms with van der Waals surface area (Å²) in [6.45, 7) is 9.69. The molecule has 2 N–H and O–H groups in total. The van der Waals surface area contributed by atoms with Gasteiger partial charge in [0.2, 0.25) is 0 Å². The van der Waals surface area contributed by atoms with Crippen LogP contribution in [0.25, 0.3) is 0 Å². The second-order valence-corrected chi connectivity index (χ2v) is 15.8. The first-order chi connectivity index (χ1) is 24.1. The first kappa shape index (κ1) is 43.5. The van der Waals surface area contributed by atoms with Crippen molar-refractivity contribution in [3.8, 4) is 11.5 Å². The molecule has 4 aliphatic heterocycles. The summed E-state index contributed by atoms with van der Waals surface area (Å²) in [5, 5.41) is 1.96. The van der Waals surface area contributed by atoms with Crippen LogP contribution in [-0.4, -0.2) is 123 Å². The normalized spacial score (nSPS) is 25.6. The monoisotopic (exact) mass is 792 g/mol. The van der Waals surface area contributed by atoms with Crippen molar-refractivity contribution in [3.63, 3.8) is 0 Å². The molecule has 0 saturated carbocycles. The Morgan fingerprint density at radius 3 is 1.64 bits per heavy atom. The number of nitrogens with zero attached hydrogens (tertiary/aromatic N) is 2. The van der Waals surface area contributed by atoms with Gasteiger partial charge in [-0.25, -0.2) is 16.8 Å². The van der Waals surface area contributed by atoms with Gasteiger partial charge in [-0.15, -0.1) is 0 Å². The first-order valence-corrected chi connectivity index (χ1v) is 19.0. The number of ether oxygens (including phenoxy) is 4. The van der Waals surface area contributed by atoms with Crippen molar-refractivity contribution in [1.29, 1.82) is 0 Å². The quantitative estimate of drug-likeness (QED) is 0.125. The Balaban J connectivity index is 0.00000314. The van der Waals surface area contributed by atoms with Gasteiger partial charge in [0.1, 0.15) is 54.7 Å². The number of carbonyl (C=O) groups excluding carboxylic acids is 2. The van der Waals surface area contributed by atoms with E-state index in [0.717, 1.165) is 0 Å². The van der Waals surface area contributed by atoms with Gasteiger partial charge in [-0.3, -0.25) is 9.59 Å². The van der Waals surface area contributed by atoms with E-state index in [0.29, 0.717) is 29.1 Å². The van der Waals surface area contributed by atoms with Crippen molar-refractivity contribution in [2.45, 2.75) is 60.9 Å². The molecule has 6 rings (SSSR count). The topological polar surface area (TPSA) is 216 Å². The van der Waals surface area contributed by atoms with Crippen molar-refractivity contribution < 1.29 is 114 Å². The average Bonchev–Trinajstić information content (AvgIpc) is 3.49. The summed E-state index contributed by atoms with van der Waals surface area (Å²) in [5.41, 5.74) is 1.32. The molecule has 0 aliphatic carbocycles. The maximum atomic E-state index is 13.7. The molecule has 4 aliphatic rings. The number of benzene rings is 2. The zero-order chi connectivity index (χ0) is 37.0. The molecule has 276 valence electrons. The summed E-state index contributed by atoms with van der Waals surface area (Å²) in [6.07, 6.45) is -2.14. The van der Waals surface area contributed by atoms with Crippen LogP contribution >= 0.6 is 0 Å².